The van der Waals surface area contributed by atoms with E-state index in [9.17, 15) is 4.79 Å². The molecule has 4 heteroatoms. The van der Waals surface area contributed by atoms with Gasteiger partial charge in [-0.2, -0.15) is 0 Å². The van der Waals surface area contributed by atoms with Crippen molar-refractivity contribution in [2.24, 2.45) is 0 Å². The van der Waals surface area contributed by atoms with Gasteiger partial charge in [-0.25, -0.2) is 9.86 Å². The first-order chi connectivity index (χ1) is 14.2. The Labute approximate surface area is 171 Å². The van der Waals surface area contributed by atoms with Crippen molar-refractivity contribution in [3.63, 3.8) is 0 Å². The number of hydroxylamine groups is 1. The van der Waals surface area contributed by atoms with Crippen molar-refractivity contribution in [3.05, 3.63) is 90.0 Å². The summed E-state index contributed by atoms with van der Waals surface area (Å²) in [6, 6.07) is 26.8. The molecule has 148 valence electrons. The maximum absolute atomic E-state index is 12.3. The second-order valence-corrected chi connectivity index (χ2v) is 7.25. The molecular formula is C25H25NO3. The summed E-state index contributed by atoms with van der Waals surface area (Å²) < 4.78 is 5.20. The summed E-state index contributed by atoms with van der Waals surface area (Å²) in [5, 5.41) is 1.85. The molecule has 0 spiro atoms. The predicted octanol–water partition coefficient (Wildman–Crippen LogP) is 5.48. The Morgan fingerprint density at radius 2 is 1.72 bits per heavy atom. The summed E-state index contributed by atoms with van der Waals surface area (Å²) >= 11 is 0. The van der Waals surface area contributed by atoms with Crippen LogP contribution in [0.5, 0.6) is 0 Å². The molecule has 1 fully saturated rings. The SMILES string of the molecule is CCOC(=O)C1CC(c2ccc(-c3ccccc3)cc2)N(c2cccc(C)c2)O1. The Bertz CT molecular complexity index is 969. The number of aryl methyl sites for hydroxylation is 1. The molecule has 4 rings (SSSR count). The van der Waals surface area contributed by atoms with E-state index in [4.69, 9.17) is 9.57 Å². The third kappa shape index (κ3) is 4.17. The highest BCUT2D eigenvalue weighted by Crippen LogP contribution is 2.39. The number of ether oxygens (including phenoxy) is 1. The van der Waals surface area contributed by atoms with E-state index in [1.54, 1.807) is 0 Å². The molecule has 1 saturated heterocycles. The van der Waals surface area contributed by atoms with Crippen LogP contribution in [0.3, 0.4) is 0 Å². The van der Waals surface area contributed by atoms with Gasteiger partial charge in [0.1, 0.15) is 0 Å². The number of benzene rings is 3. The van der Waals surface area contributed by atoms with Gasteiger partial charge >= 0.3 is 5.97 Å². The van der Waals surface area contributed by atoms with Gasteiger partial charge < -0.3 is 4.74 Å². The molecule has 0 aliphatic carbocycles. The summed E-state index contributed by atoms with van der Waals surface area (Å²) in [6.45, 7) is 4.20. The highest BCUT2D eigenvalue weighted by atomic mass is 16.7. The standard InChI is InChI=1S/C25H25NO3/c1-3-28-25(27)24-17-23(26(29-24)22-11-7-8-18(2)16-22)21-14-12-20(13-15-21)19-9-5-4-6-10-19/h4-16,23-24H,3,17H2,1-2H3. The lowest BCUT2D eigenvalue weighted by Crippen LogP contribution is -2.26. The van der Waals surface area contributed by atoms with Crippen molar-refractivity contribution in [2.45, 2.75) is 32.4 Å². The van der Waals surface area contributed by atoms with Crippen molar-refractivity contribution in [1.82, 2.24) is 0 Å². The smallest absolute Gasteiger partial charge is 0.338 e. The Hall–Kier alpha value is -3.11. The second kappa shape index (κ2) is 8.50. The van der Waals surface area contributed by atoms with Crippen molar-refractivity contribution in [1.29, 1.82) is 0 Å². The lowest BCUT2D eigenvalue weighted by Gasteiger charge is -2.25. The highest BCUT2D eigenvalue weighted by Gasteiger charge is 2.39. The maximum Gasteiger partial charge on any atom is 0.338 e. The van der Waals surface area contributed by atoms with Crippen LogP contribution in [0.4, 0.5) is 5.69 Å². The largest absolute Gasteiger partial charge is 0.464 e. The van der Waals surface area contributed by atoms with E-state index in [2.05, 4.69) is 42.5 Å². The molecule has 0 bridgehead atoms. The highest BCUT2D eigenvalue weighted by molar-refractivity contribution is 5.76. The van der Waals surface area contributed by atoms with Crippen molar-refractivity contribution in [3.8, 4) is 11.1 Å². The normalized spacial score (nSPS) is 18.6. The number of carbonyl (C=O) groups excluding carboxylic acids is 1. The van der Waals surface area contributed by atoms with E-state index in [0.717, 1.165) is 22.4 Å². The Morgan fingerprint density at radius 1 is 1.00 bits per heavy atom. The second-order valence-electron chi connectivity index (χ2n) is 7.25. The van der Waals surface area contributed by atoms with Crippen LogP contribution in [-0.4, -0.2) is 18.7 Å². The number of carbonyl (C=O) groups is 1. The molecule has 0 N–H and O–H groups in total. The van der Waals surface area contributed by atoms with Crippen LogP contribution in [-0.2, 0) is 14.4 Å². The fraction of sp³-hybridized carbons (Fsp3) is 0.240. The summed E-state index contributed by atoms with van der Waals surface area (Å²) in [7, 11) is 0. The quantitative estimate of drug-likeness (QED) is 0.544. The van der Waals surface area contributed by atoms with Gasteiger partial charge in [-0.3, -0.25) is 4.84 Å². The first kappa shape index (κ1) is 19.2. The van der Waals surface area contributed by atoms with Gasteiger partial charge in [0.15, 0.2) is 6.10 Å². The van der Waals surface area contributed by atoms with Crippen LogP contribution in [0.1, 0.15) is 30.5 Å². The topological polar surface area (TPSA) is 38.8 Å². The lowest BCUT2D eigenvalue weighted by molar-refractivity contribution is -0.154. The zero-order chi connectivity index (χ0) is 20.2. The zero-order valence-electron chi connectivity index (χ0n) is 16.7. The van der Waals surface area contributed by atoms with Gasteiger partial charge in [-0.05, 0) is 48.2 Å². The van der Waals surface area contributed by atoms with E-state index in [1.165, 1.54) is 5.56 Å². The summed E-state index contributed by atoms with van der Waals surface area (Å²) in [6.07, 6.45) is -0.0495. The molecule has 3 aromatic rings. The lowest BCUT2D eigenvalue weighted by atomic mass is 9.97. The van der Waals surface area contributed by atoms with Gasteiger partial charge in [-0.1, -0.05) is 66.7 Å². The molecule has 2 unspecified atom stereocenters. The molecule has 0 saturated carbocycles. The van der Waals surface area contributed by atoms with E-state index in [1.807, 2.05) is 55.3 Å². The number of esters is 1. The number of rotatable bonds is 5. The molecule has 1 aliphatic rings. The van der Waals surface area contributed by atoms with E-state index >= 15 is 0 Å². The maximum atomic E-state index is 12.3. The van der Waals surface area contributed by atoms with Gasteiger partial charge in [-0.15, -0.1) is 0 Å². The first-order valence-electron chi connectivity index (χ1n) is 10.0. The van der Waals surface area contributed by atoms with E-state index in [0.29, 0.717) is 13.0 Å². The fourth-order valence-corrected chi connectivity index (χ4v) is 3.73. The monoisotopic (exact) mass is 387 g/mol. The number of hydrogen-bond donors (Lipinski definition) is 0. The molecule has 0 radical (unpaired) electrons. The molecule has 3 aromatic carbocycles. The van der Waals surface area contributed by atoms with Crippen LogP contribution in [0.15, 0.2) is 78.9 Å². The molecule has 0 aromatic heterocycles. The molecule has 2 atom stereocenters. The molecule has 1 aliphatic heterocycles. The number of anilines is 1. The minimum absolute atomic E-state index is 0.0592. The van der Waals surface area contributed by atoms with Crippen LogP contribution < -0.4 is 5.06 Å². The summed E-state index contributed by atoms with van der Waals surface area (Å²) in [5.41, 5.74) is 5.54. The zero-order valence-corrected chi connectivity index (χ0v) is 16.7. The minimum Gasteiger partial charge on any atom is -0.464 e. The summed E-state index contributed by atoms with van der Waals surface area (Å²) in [4.78, 5) is 18.4. The van der Waals surface area contributed by atoms with Gasteiger partial charge in [0.2, 0.25) is 0 Å². The van der Waals surface area contributed by atoms with Gasteiger partial charge in [0, 0.05) is 6.42 Å². The minimum atomic E-state index is -0.603. The van der Waals surface area contributed by atoms with Crippen molar-refractivity contribution < 1.29 is 14.4 Å². The molecular weight excluding hydrogens is 362 g/mol. The molecule has 1 heterocycles. The first-order valence-corrected chi connectivity index (χ1v) is 10.0. The third-order valence-electron chi connectivity index (χ3n) is 5.17. The van der Waals surface area contributed by atoms with Crippen LogP contribution in [0, 0.1) is 6.92 Å². The number of hydrogen-bond acceptors (Lipinski definition) is 4. The van der Waals surface area contributed by atoms with Crippen molar-refractivity contribution in [2.75, 3.05) is 11.7 Å². The van der Waals surface area contributed by atoms with E-state index in [-0.39, 0.29) is 12.0 Å². The molecule has 29 heavy (non-hydrogen) atoms. The number of nitrogens with zero attached hydrogens (tertiary/aromatic N) is 1. The Balaban J connectivity index is 1.64. The third-order valence-corrected chi connectivity index (χ3v) is 5.17. The fourth-order valence-electron chi connectivity index (χ4n) is 3.73. The summed E-state index contributed by atoms with van der Waals surface area (Å²) in [5.74, 6) is -0.312. The van der Waals surface area contributed by atoms with Gasteiger partial charge in [0.05, 0.1) is 18.3 Å². The Kier molecular flexibility index (Phi) is 5.63. The predicted molar refractivity (Wildman–Crippen MR) is 114 cm³/mol. The average molecular weight is 387 g/mol. The van der Waals surface area contributed by atoms with Crippen molar-refractivity contribution >= 4 is 11.7 Å². The van der Waals surface area contributed by atoms with E-state index < -0.39 is 6.10 Å². The average Bonchev–Trinajstić information content (AvgIpc) is 3.20. The molecule has 0 amide bonds. The van der Waals surface area contributed by atoms with Gasteiger partial charge in [0.25, 0.3) is 0 Å². The van der Waals surface area contributed by atoms with Crippen LogP contribution >= 0.6 is 0 Å². The van der Waals surface area contributed by atoms with Crippen LogP contribution in [0.2, 0.25) is 0 Å². The Morgan fingerprint density at radius 3 is 2.41 bits per heavy atom. The molecule has 4 nitrogen and oxygen atoms in total. The van der Waals surface area contributed by atoms with Crippen LogP contribution in [0.25, 0.3) is 11.1 Å².